The lowest BCUT2D eigenvalue weighted by atomic mass is 9.33. The van der Waals surface area contributed by atoms with E-state index in [1.54, 1.807) is 39.8 Å². The van der Waals surface area contributed by atoms with Crippen LogP contribution in [0.15, 0.2) is 34.9 Å². The average Bonchev–Trinajstić information content (AvgIpc) is 3.03. The quantitative estimate of drug-likeness (QED) is 0.131. The van der Waals surface area contributed by atoms with E-state index in [0.717, 1.165) is 32.0 Å². The number of hydrogen-bond donors (Lipinski definition) is 3. The summed E-state index contributed by atoms with van der Waals surface area (Å²) in [5, 5.41) is 35.1. The number of hydrogen-bond acceptors (Lipinski definition) is 8. The van der Waals surface area contributed by atoms with Gasteiger partial charge in [0.2, 0.25) is 0 Å². The van der Waals surface area contributed by atoms with Gasteiger partial charge in [-0.15, -0.1) is 0 Å². The van der Waals surface area contributed by atoms with Gasteiger partial charge in [0.05, 0.1) is 29.6 Å². The van der Waals surface area contributed by atoms with Crippen LogP contribution in [0.2, 0.25) is 0 Å². The molecule has 0 aromatic heterocycles. The van der Waals surface area contributed by atoms with Crippen LogP contribution in [0.25, 0.3) is 0 Å². The second-order valence-electron chi connectivity index (χ2n) is 17.7. The summed E-state index contributed by atoms with van der Waals surface area (Å²) >= 11 is 0. The Morgan fingerprint density at radius 1 is 0.854 bits per heavy atom. The van der Waals surface area contributed by atoms with Crippen LogP contribution in [0.3, 0.4) is 0 Å². The Morgan fingerprint density at radius 2 is 1.44 bits per heavy atom. The average molecular weight is 669 g/mol. The molecule has 4 saturated carbocycles. The fourth-order valence-corrected chi connectivity index (χ4v) is 11.8. The van der Waals surface area contributed by atoms with Gasteiger partial charge in [0.15, 0.2) is 6.10 Å². The SMILES string of the molecule is CC=C(C)C(=O)O[C@H]1[C@H](OC(=O)C(C)=CC)[C@]2(CO)[C@H](O)C[C@]3(C)C(=CC[C@@H]4[C@@]5(C)CC[C@H](O)[C@@](C)(C=O)[C@@H]5CC[C@]43C)[C@@H]2CC1(C)C. The molecule has 48 heavy (non-hydrogen) atoms. The maximum Gasteiger partial charge on any atom is 0.333 e. The van der Waals surface area contributed by atoms with E-state index in [-0.39, 0.29) is 28.6 Å². The number of aliphatic hydroxyl groups is 3. The number of carbonyl (C=O) groups excluding carboxylic acids is 3. The first kappa shape index (κ1) is 37.0. The highest BCUT2D eigenvalue weighted by atomic mass is 16.6. The molecule has 8 heteroatoms. The Balaban J connectivity index is 1.65. The van der Waals surface area contributed by atoms with E-state index < -0.39 is 64.6 Å². The molecular weight excluding hydrogens is 608 g/mol. The van der Waals surface area contributed by atoms with E-state index in [9.17, 15) is 29.7 Å². The zero-order valence-electron chi connectivity index (χ0n) is 30.9. The van der Waals surface area contributed by atoms with Gasteiger partial charge < -0.3 is 29.6 Å². The van der Waals surface area contributed by atoms with Crippen molar-refractivity contribution in [1.82, 2.24) is 0 Å². The summed E-state index contributed by atoms with van der Waals surface area (Å²) in [7, 11) is 0. The summed E-state index contributed by atoms with van der Waals surface area (Å²) in [6.07, 6.45) is 7.69. The molecule has 0 aliphatic heterocycles. The van der Waals surface area contributed by atoms with E-state index in [4.69, 9.17) is 9.47 Å². The first-order chi connectivity index (χ1) is 22.3. The Kier molecular flexibility index (Phi) is 9.39. The molecule has 0 unspecified atom stereocenters. The van der Waals surface area contributed by atoms with Crippen molar-refractivity contribution in [2.24, 2.45) is 50.2 Å². The second kappa shape index (κ2) is 12.2. The van der Waals surface area contributed by atoms with Gasteiger partial charge in [0.1, 0.15) is 12.4 Å². The predicted molar refractivity (Wildman–Crippen MR) is 183 cm³/mol. The summed E-state index contributed by atoms with van der Waals surface area (Å²) in [4.78, 5) is 39.4. The van der Waals surface area contributed by atoms with Gasteiger partial charge in [0, 0.05) is 16.6 Å². The molecule has 8 nitrogen and oxygen atoms in total. The highest BCUT2D eigenvalue weighted by Crippen LogP contribution is 2.75. The number of ether oxygens (including phenoxy) is 2. The topological polar surface area (TPSA) is 130 Å². The molecule has 0 heterocycles. The molecule has 0 aromatic carbocycles. The third-order valence-electron chi connectivity index (χ3n) is 15.3. The molecular formula is C40H60O8. The van der Waals surface area contributed by atoms with Gasteiger partial charge >= 0.3 is 11.9 Å². The van der Waals surface area contributed by atoms with E-state index in [1.165, 1.54) is 5.57 Å². The van der Waals surface area contributed by atoms with E-state index in [0.29, 0.717) is 30.4 Å². The molecule has 4 fully saturated rings. The van der Waals surface area contributed by atoms with Crippen LogP contribution in [-0.4, -0.2) is 64.6 Å². The molecule has 268 valence electrons. The van der Waals surface area contributed by atoms with Crippen molar-refractivity contribution < 1.29 is 39.2 Å². The predicted octanol–water partition coefficient (Wildman–Crippen LogP) is 6.27. The number of rotatable bonds is 6. The summed E-state index contributed by atoms with van der Waals surface area (Å²) in [5.74, 6) is -1.15. The Morgan fingerprint density at radius 3 is 1.98 bits per heavy atom. The third-order valence-corrected chi connectivity index (χ3v) is 15.3. The van der Waals surface area contributed by atoms with Gasteiger partial charge in [-0.05, 0) is 107 Å². The van der Waals surface area contributed by atoms with Gasteiger partial charge in [0.25, 0.3) is 0 Å². The standard InChI is InChI=1S/C40H60O8/c1-11-23(3)33(45)47-31-32(48-34(46)24(4)12-2)40(22-42)26(19-35(31,5)6)25-13-14-28-36(7)17-16-29(43)37(8,21-41)27(36)15-18-38(28,9)39(25,10)20-30(40)44/h11-13,21,26-32,42-44H,14-20,22H2,1-10H3/t26-,27+,28+,29-,30+,31-,32-,36-,37-,38+,39+,40-/m0/s1. The van der Waals surface area contributed by atoms with Gasteiger partial charge in [-0.1, -0.05) is 65.3 Å². The Labute approximate surface area is 287 Å². The minimum Gasteiger partial charge on any atom is -0.454 e. The van der Waals surface area contributed by atoms with Crippen molar-refractivity contribution in [3.63, 3.8) is 0 Å². The fourth-order valence-electron chi connectivity index (χ4n) is 11.8. The van der Waals surface area contributed by atoms with Gasteiger partial charge in [-0.25, -0.2) is 9.59 Å². The monoisotopic (exact) mass is 668 g/mol. The molecule has 0 aromatic rings. The molecule has 0 bridgehead atoms. The first-order valence-electron chi connectivity index (χ1n) is 18.1. The van der Waals surface area contributed by atoms with Gasteiger partial charge in [-0.3, -0.25) is 0 Å². The molecule has 12 atom stereocenters. The van der Waals surface area contributed by atoms with Crippen LogP contribution in [0.5, 0.6) is 0 Å². The molecule has 0 radical (unpaired) electrons. The first-order valence-corrected chi connectivity index (χ1v) is 18.1. The summed E-state index contributed by atoms with van der Waals surface area (Å²) in [6.45, 7) is 19.3. The van der Waals surface area contributed by atoms with E-state index in [2.05, 4.69) is 26.8 Å². The highest BCUT2D eigenvalue weighted by Gasteiger charge is 2.73. The van der Waals surface area contributed by atoms with Crippen LogP contribution in [-0.2, 0) is 23.9 Å². The lowest BCUT2D eigenvalue weighted by Gasteiger charge is -2.72. The molecule has 5 rings (SSSR count). The maximum absolute atomic E-state index is 13.5. The maximum atomic E-state index is 13.5. The van der Waals surface area contributed by atoms with Gasteiger partial charge in [-0.2, -0.15) is 0 Å². The van der Waals surface area contributed by atoms with Crippen molar-refractivity contribution >= 4 is 18.2 Å². The van der Waals surface area contributed by atoms with Crippen LogP contribution < -0.4 is 0 Å². The molecule has 5 aliphatic rings. The lowest BCUT2D eigenvalue weighted by Crippen LogP contribution is -2.72. The molecule has 0 amide bonds. The summed E-state index contributed by atoms with van der Waals surface area (Å²) in [5.41, 5.74) is -1.63. The zero-order chi connectivity index (χ0) is 35.8. The number of allylic oxidation sites excluding steroid dienone is 4. The van der Waals surface area contributed by atoms with Crippen molar-refractivity contribution in [2.45, 2.75) is 139 Å². The van der Waals surface area contributed by atoms with Crippen molar-refractivity contribution in [2.75, 3.05) is 6.61 Å². The molecule has 5 aliphatic carbocycles. The molecule has 3 N–H and O–H groups in total. The lowest BCUT2D eigenvalue weighted by molar-refractivity contribution is -0.264. The Bertz CT molecular complexity index is 1430. The largest absolute Gasteiger partial charge is 0.454 e. The van der Waals surface area contributed by atoms with Crippen LogP contribution >= 0.6 is 0 Å². The second-order valence-corrected chi connectivity index (χ2v) is 17.7. The fraction of sp³-hybridized carbons (Fsp3) is 0.775. The minimum atomic E-state index is -1.30. The highest BCUT2D eigenvalue weighted by molar-refractivity contribution is 5.88. The number of aliphatic hydroxyl groups excluding tert-OH is 3. The summed E-state index contributed by atoms with van der Waals surface area (Å²) < 4.78 is 12.5. The normalized spacial score (nSPS) is 46.9. The number of esters is 2. The third kappa shape index (κ3) is 4.89. The Hall–Kier alpha value is -2.29. The molecule has 0 spiro atoms. The van der Waals surface area contributed by atoms with Crippen LogP contribution in [0.4, 0.5) is 0 Å². The van der Waals surface area contributed by atoms with Crippen molar-refractivity contribution in [1.29, 1.82) is 0 Å². The van der Waals surface area contributed by atoms with E-state index >= 15 is 0 Å². The number of fused-ring (bicyclic) bond motifs is 7. The molecule has 0 saturated heterocycles. The smallest absolute Gasteiger partial charge is 0.333 e. The van der Waals surface area contributed by atoms with E-state index in [1.807, 2.05) is 20.8 Å². The van der Waals surface area contributed by atoms with Crippen molar-refractivity contribution in [3.8, 4) is 0 Å². The van der Waals surface area contributed by atoms with Crippen LogP contribution in [0, 0.1) is 50.2 Å². The summed E-state index contributed by atoms with van der Waals surface area (Å²) in [6, 6.07) is 0. The van der Waals surface area contributed by atoms with Crippen molar-refractivity contribution in [3.05, 3.63) is 34.9 Å². The number of carbonyl (C=O) groups is 3. The minimum absolute atomic E-state index is 0.0521. The zero-order valence-corrected chi connectivity index (χ0v) is 30.9. The number of aldehydes is 1. The van der Waals surface area contributed by atoms with Crippen LogP contribution in [0.1, 0.15) is 114 Å².